The third kappa shape index (κ3) is 5.51. The van der Waals surface area contributed by atoms with Gasteiger partial charge >= 0.3 is 0 Å². The van der Waals surface area contributed by atoms with Crippen molar-refractivity contribution in [3.8, 4) is 34.3 Å². The van der Waals surface area contributed by atoms with Crippen LogP contribution in [0.4, 0.5) is 0 Å². The van der Waals surface area contributed by atoms with Crippen molar-refractivity contribution >= 4 is 11.6 Å². The van der Waals surface area contributed by atoms with Gasteiger partial charge in [0.2, 0.25) is 5.88 Å². The van der Waals surface area contributed by atoms with E-state index in [9.17, 15) is 0 Å². The molecule has 3 heterocycles. The quantitative estimate of drug-likeness (QED) is 0.409. The molecule has 1 unspecified atom stereocenters. The molecule has 1 N–H and O–H groups in total. The summed E-state index contributed by atoms with van der Waals surface area (Å²) in [6, 6.07) is 5.53. The summed E-state index contributed by atoms with van der Waals surface area (Å²) in [4.78, 5) is 9.66. The van der Waals surface area contributed by atoms with Crippen LogP contribution in [0, 0.1) is 26.7 Å². The summed E-state index contributed by atoms with van der Waals surface area (Å²) < 4.78 is 23.0. The van der Waals surface area contributed by atoms with Crippen molar-refractivity contribution < 1.29 is 18.7 Å². The highest BCUT2D eigenvalue weighted by atomic mass is 35.5. The average Bonchev–Trinajstić information content (AvgIpc) is 3.47. The van der Waals surface area contributed by atoms with Gasteiger partial charge in [-0.3, -0.25) is 0 Å². The van der Waals surface area contributed by atoms with Crippen molar-refractivity contribution in [3.05, 3.63) is 40.2 Å². The molecule has 1 fully saturated rings. The minimum Gasteiger partial charge on any atom is -0.494 e. The fraction of sp³-hybridized carbons (Fsp3) is 0.480. The third-order valence-corrected chi connectivity index (χ3v) is 6.20. The number of ether oxygens (including phenoxy) is 3. The van der Waals surface area contributed by atoms with E-state index in [1.807, 2.05) is 40.0 Å². The molecule has 3 aromatic rings. The summed E-state index contributed by atoms with van der Waals surface area (Å²) in [6.07, 6.45) is 1.88. The van der Waals surface area contributed by atoms with Crippen LogP contribution >= 0.6 is 11.6 Å². The van der Waals surface area contributed by atoms with Crippen molar-refractivity contribution in [1.82, 2.24) is 20.4 Å². The second-order valence-electron chi connectivity index (χ2n) is 8.51. The van der Waals surface area contributed by atoms with Crippen LogP contribution < -0.4 is 14.8 Å². The Balaban J connectivity index is 1.73. The maximum absolute atomic E-state index is 6.59. The SMILES string of the molecule is CNCCCOc1ccc(Cl)c(-c2nc(OCC3CCOC3)c(C)c(-c3c(C)noc3C)n2)c1. The van der Waals surface area contributed by atoms with Crippen LogP contribution in [0.2, 0.25) is 5.02 Å². The number of aryl methyl sites for hydroxylation is 2. The monoisotopic (exact) mass is 486 g/mol. The summed E-state index contributed by atoms with van der Waals surface area (Å²) in [5.41, 5.74) is 3.82. The third-order valence-electron chi connectivity index (χ3n) is 5.87. The molecule has 182 valence electrons. The van der Waals surface area contributed by atoms with Crippen molar-refractivity contribution in [2.24, 2.45) is 5.92 Å². The fourth-order valence-electron chi connectivity index (χ4n) is 3.94. The molecule has 1 aromatic carbocycles. The van der Waals surface area contributed by atoms with E-state index in [1.54, 1.807) is 6.07 Å². The molecule has 2 aromatic heterocycles. The Hall–Kier alpha value is -2.68. The number of hydrogen-bond acceptors (Lipinski definition) is 8. The molecule has 34 heavy (non-hydrogen) atoms. The Morgan fingerprint density at radius 2 is 2.03 bits per heavy atom. The van der Waals surface area contributed by atoms with Gasteiger partial charge in [-0.25, -0.2) is 4.98 Å². The lowest BCUT2D eigenvalue weighted by Gasteiger charge is -2.16. The van der Waals surface area contributed by atoms with E-state index < -0.39 is 0 Å². The number of halogens is 1. The Bertz CT molecular complexity index is 1110. The smallest absolute Gasteiger partial charge is 0.220 e. The maximum atomic E-state index is 6.59. The maximum Gasteiger partial charge on any atom is 0.220 e. The van der Waals surface area contributed by atoms with Crippen LogP contribution in [0.15, 0.2) is 22.7 Å². The highest BCUT2D eigenvalue weighted by molar-refractivity contribution is 6.33. The zero-order valence-corrected chi connectivity index (χ0v) is 20.9. The standard InChI is InChI=1S/C25H31ClN4O4/c1-15-23(22-16(2)30-34-17(22)3)28-24(29-25(15)33-14-18-8-11-31-13-18)20-12-19(6-7-21(20)26)32-10-5-9-27-4/h6-7,12,18,27H,5,8-11,13-14H2,1-4H3. The lowest BCUT2D eigenvalue weighted by Crippen LogP contribution is -2.14. The van der Waals surface area contributed by atoms with Gasteiger partial charge < -0.3 is 24.1 Å². The topological polar surface area (TPSA) is 91.5 Å². The largest absolute Gasteiger partial charge is 0.494 e. The van der Waals surface area contributed by atoms with Crippen molar-refractivity contribution in [1.29, 1.82) is 0 Å². The van der Waals surface area contributed by atoms with Crippen LogP contribution in [-0.2, 0) is 4.74 Å². The molecule has 1 aliphatic heterocycles. The molecule has 0 radical (unpaired) electrons. The molecule has 0 spiro atoms. The van der Waals surface area contributed by atoms with E-state index in [-0.39, 0.29) is 0 Å². The van der Waals surface area contributed by atoms with Gasteiger partial charge in [0.15, 0.2) is 5.82 Å². The molecule has 9 heteroatoms. The highest BCUT2D eigenvalue weighted by Gasteiger charge is 2.23. The van der Waals surface area contributed by atoms with Crippen LogP contribution in [0.5, 0.6) is 11.6 Å². The zero-order valence-electron chi connectivity index (χ0n) is 20.1. The van der Waals surface area contributed by atoms with E-state index in [0.717, 1.165) is 48.5 Å². The van der Waals surface area contributed by atoms with E-state index in [4.69, 9.17) is 40.3 Å². The summed E-state index contributed by atoms with van der Waals surface area (Å²) in [5.74, 6) is 2.72. The molecule has 1 atom stereocenters. The highest BCUT2D eigenvalue weighted by Crippen LogP contribution is 2.37. The summed E-state index contributed by atoms with van der Waals surface area (Å²) >= 11 is 6.59. The molecule has 4 rings (SSSR count). The molecular weight excluding hydrogens is 456 g/mol. The van der Waals surface area contributed by atoms with Crippen LogP contribution in [-0.4, -0.2) is 55.1 Å². The number of aromatic nitrogens is 3. The molecule has 0 saturated carbocycles. The first-order chi connectivity index (χ1) is 16.5. The van der Waals surface area contributed by atoms with Gasteiger partial charge in [0, 0.05) is 23.7 Å². The van der Waals surface area contributed by atoms with Crippen molar-refractivity contribution in [2.45, 2.75) is 33.6 Å². The van der Waals surface area contributed by atoms with E-state index >= 15 is 0 Å². The average molecular weight is 487 g/mol. The number of nitrogens with one attached hydrogen (secondary N) is 1. The Labute approximate surface area is 205 Å². The van der Waals surface area contributed by atoms with Gasteiger partial charge in [-0.15, -0.1) is 0 Å². The second-order valence-corrected chi connectivity index (χ2v) is 8.92. The molecular formula is C25H31ClN4O4. The molecule has 1 saturated heterocycles. The van der Waals surface area contributed by atoms with Crippen LogP contribution in [0.25, 0.3) is 22.6 Å². The zero-order chi connectivity index (χ0) is 24.1. The molecule has 0 aliphatic carbocycles. The predicted molar refractivity (Wildman–Crippen MR) is 131 cm³/mol. The molecule has 1 aliphatic rings. The van der Waals surface area contributed by atoms with Gasteiger partial charge in [0.1, 0.15) is 11.5 Å². The first kappa shape index (κ1) is 24.4. The molecule has 8 nitrogen and oxygen atoms in total. The van der Waals surface area contributed by atoms with Gasteiger partial charge in [-0.1, -0.05) is 16.8 Å². The second kappa shape index (κ2) is 11.2. The molecule has 0 amide bonds. The van der Waals surface area contributed by atoms with E-state index in [2.05, 4.69) is 10.5 Å². The first-order valence-corrected chi connectivity index (χ1v) is 12.0. The van der Waals surface area contributed by atoms with Gasteiger partial charge in [-0.2, -0.15) is 4.98 Å². The molecule has 0 bridgehead atoms. The minimum absolute atomic E-state index is 0.346. The van der Waals surface area contributed by atoms with Crippen LogP contribution in [0.3, 0.4) is 0 Å². The van der Waals surface area contributed by atoms with Crippen molar-refractivity contribution in [2.75, 3.05) is 40.0 Å². The summed E-state index contributed by atoms with van der Waals surface area (Å²) in [5, 5.41) is 7.76. The lowest BCUT2D eigenvalue weighted by molar-refractivity contribution is 0.165. The minimum atomic E-state index is 0.346. The van der Waals surface area contributed by atoms with Gasteiger partial charge in [0.25, 0.3) is 0 Å². The summed E-state index contributed by atoms with van der Waals surface area (Å²) in [6.45, 7) is 9.20. The van der Waals surface area contributed by atoms with Crippen LogP contribution in [0.1, 0.15) is 29.9 Å². The fourth-order valence-corrected chi connectivity index (χ4v) is 4.14. The summed E-state index contributed by atoms with van der Waals surface area (Å²) in [7, 11) is 1.92. The number of hydrogen-bond donors (Lipinski definition) is 1. The Kier molecular flexibility index (Phi) is 8.03. The van der Waals surface area contributed by atoms with Gasteiger partial charge in [0.05, 0.1) is 41.8 Å². The van der Waals surface area contributed by atoms with E-state index in [0.29, 0.717) is 59.5 Å². The Morgan fingerprint density at radius 3 is 2.74 bits per heavy atom. The number of benzene rings is 1. The lowest BCUT2D eigenvalue weighted by atomic mass is 10.1. The predicted octanol–water partition coefficient (Wildman–Crippen LogP) is 4.78. The number of rotatable bonds is 10. The first-order valence-electron chi connectivity index (χ1n) is 11.6. The van der Waals surface area contributed by atoms with Gasteiger partial charge in [-0.05, 0) is 65.4 Å². The van der Waals surface area contributed by atoms with Crippen molar-refractivity contribution in [3.63, 3.8) is 0 Å². The normalized spacial score (nSPS) is 15.6. The van der Waals surface area contributed by atoms with E-state index in [1.165, 1.54) is 0 Å². The Morgan fingerprint density at radius 1 is 1.18 bits per heavy atom. The number of nitrogens with zero attached hydrogens (tertiary/aromatic N) is 3.